The third-order valence-electron chi connectivity index (χ3n) is 6.35. The molecule has 6 N–H and O–H groups in total. The fraction of sp³-hybridized carbons (Fsp3) is 0.435. The molecule has 2 atom stereocenters. The van der Waals surface area contributed by atoms with E-state index in [9.17, 15) is 14.7 Å². The van der Waals surface area contributed by atoms with Gasteiger partial charge in [0.15, 0.2) is 6.10 Å². The molecular weight excluding hydrogens is 486 g/mol. The van der Waals surface area contributed by atoms with Crippen molar-refractivity contribution < 1.29 is 19.4 Å². The number of rotatable bonds is 5. The summed E-state index contributed by atoms with van der Waals surface area (Å²) in [5, 5.41) is 23.8. The molecule has 36 heavy (non-hydrogen) atoms. The van der Waals surface area contributed by atoms with Gasteiger partial charge in [0, 0.05) is 30.3 Å². The molecule has 2 aliphatic heterocycles. The van der Waals surface area contributed by atoms with Crippen LogP contribution in [0.1, 0.15) is 31.7 Å². The number of carbonyl (C=O) groups excluding carboxylic acids is 1. The van der Waals surface area contributed by atoms with Crippen LogP contribution in [0.15, 0.2) is 28.7 Å². The minimum Gasteiger partial charge on any atom is -0.386 e. The molecule has 3 aromatic rings. The number of nitrogens with zero attached hydrogens (tertiary/aromatic N) is 3. The van der Waals surface area contributed by atoms with Crippen molar-refractivity contribution in [2.75, 3.05) is 32.1 Å². The molecule has 2 aromatic heterocycles. The molecule has 4 heterocycles. The highest BCUT2D eigenvalue weighted by Crippen LogP contribution is 2.30. The van der Waals surface area contributed by atoms with Crippen molar-refractivity contribution in [2.45, 2.75) is 38.0 Å². The normalized spacial score (nSPS) is 20.7. The number of aromatic amines is 1. The Hall–Kier alpha value is -3.39. The van der Waals surface area contributed by atoms with E-state index in [1.807, 2.05) is 6.92 Å². The number of H-pyrrole nitrogens is 1. The third-order valence-corrected chi connectivity index (χ3v) is 7.25. The van der Waals surface area contributed by atoms with E-state index < -0.39 is 23.7 Å². The number of hydrogen-bond donors (Lipinski definition) is 5. The monoisotopic (exact) mass is 513 g/mol. The second-order valence-electron chi connectivity index (χ2n) is 8.83. The first-order valence-corrected chi connectivity index (χ1v) is 12.4. The minimum absolute atomic E-state index is 0.0114. The third kappa shape index (κ3) is 4.57. The molecule has 190 valence electrons. The van der Waals surface area contributed by atoms with Crippen molar-refractivity contribution in [1.82, 2.24) is 24.6 Å². The fourth-order valence-electron chi connectivity index (χ4n) is 4.51. The number of benzene rings is 1. The molecule has 1 amide bonds. The molecule has 0 radical (unpaired) electrons. The van der Waals surface area contributed by atoms with Crippen LogP contribution in [0.3, 0.4) is 0 Å². The van der Waals surface area contributed by atoms with Gasteiger partial charge in [0.05, 0.1) is 28.8 Å². The first-order chi connectivity index (χ1) is 17.3. The van der Waals surface area contributed by atoms with Crippen LogP contribution in [0.5, 0.6) is 0 Å². The molecule has 0 aliphatic carbocycles. The molecule has 0 bridgehead atoms. The second kappa shape index (κ2) is 9.93. The number of hydrogen-bond acceptors (Lipinski definition) is 11. The Bertz CT molecular complexity index is 1410. The fourth-order valence-corrected chi connectivity index (χ4v) is 5.36. The van der Waals surface area contributed by atoms with Gasteiger partial charge in [0.25, 0.3) is 11.5 Å². The van der Waals surface area contributed by atoms with Crippen LogP contribution >= 0.6 is 11.5 Å². The van der Waals surface area contributed by atoms with Crippen LogP contribution in [-0.4, -0.2) is 74.6 Å². The molecule has 5 rings (SSSR count). The van der Waals surface area contributed by atoms with Gasteiger partial charge in [0.2, 0.25) is 0 Å². The number of aliphatic hydroxyl groups is 1. The number of ether oxygens (including phenoxy) is 2. The van der Waals surface area contributed by atoms with Gasteiger partial charge >= 0.3 is 0 Å². The molecule has 2 unspecified atom stereocenters. The van der Waals surface area contributed by atoms with Crippen molar-refractivity contribution in [2.24, 2.45) is 0 Å². The van der Waals surface area contributed by atoms with Crippen LogP contribution in [0.25, 0.3) is 21.0 Å². The summed E-state index contributed by atoms with van der Waals surface area (Å²) in [5.74, 6) is -0.356. The standard InChI is InChI=1S/C23H27N7O5S/c1-11(26-12-4-7-34-8-5-12)10-15(24)30-6-9-35-18(23(30)33)17(31)21-27-14-3-2-13-19(36-29-20(13)25)16(14)22(32)28-21/h2-3,10,12,17-18,24,26,31H,4-9H2,1H3,(H2,25,29)(H,27,28,32)/b11-10-,24-15?. The van der Waals surface area contributed by atoms with Crippen molar-refractivity contribution in [3.8, 4) is 0 Å². The zero-order valence-electron chi connectivity index (χ0n) is 19.6. The Morgan fingerprint density at radius 3 is 2.92 bits per heavy atom. The second-order valence-corrected chi connectivity index (χ2v) is 9.60. The highest BCUT2D eigenvalue weighted by molar-refractivity contribution is 7.14. The summed E-state index contributed by atoms with van der Waals surface area (Å²) in [7, 11) is 0. The van der Waals surface area contributed by atoms with Crippen molar-refractivity contribution >= 4 is 50.1 Å². The van der Waals surface area contributed by atoms with E-state index in [0.717, 1.165) is 30.1 Å². The molecule has 13 heteroatoms. The molecule has 2 aliphatic rings. The van der Waals surface area contributed by atoms with Gasteiger partial charge in [-0.25, -0.2) is 0 Å². The number of nitrogen functional groups attached to an aromatic ring is 1. The Balaban J connectivity index is 1.35. The van der Waals surface area contributed by atoms with Gasteiger partial charge in [-0.3, -0.25) is 19.9 Å². The molecule has 2 saturated heterocycles. The lowest BCUT2D eigenvalue weighted by Gasteiger charge is -2.33. The molecule has 0 spiro atoms. The number of anilines is 1. The van der Waals surface area contributed by atoms with Gasteiger partial charge in [-0.1, -0.05) is 0 Å². The zero-order chi connectivity index (χ0) is 25.4. The van der Waals surface area contributed by atoms with E-state index in [1.54, 1.807) is 18.2 Å². The number of carbonyl (C=O) groups is 1. The summed E-state index contributed by atoms with van der Waals surface area (Å²) in [6.45, 7) is 3.53. The van der Waals surface area contributed by atoms with E-state index in [1.165, 1.54) is 4.90 Å². The molecule has 2 fully saturated rings. The molecular formula is C23H27N7O5S. The summed E-state index contributed by atoms with van der Waals surface area (Å²) in [6.07, 6.45) is 0.492. The number of aromatic nitrogens is 3. The average Bonchev–Trinajstić information content (AvgIpc) is 3.24. The summed E-state index contributed by atoms with van der Waals surface area (Å²) in [4.78, 5) is 34.2. The smallest absolute Gasteiger partial charge is 0.282 e. The van der Waals surface area contributed by atoms with Crippen LogP contribution in [0.2, 0.25) is 0 Å². The lowest BCUT2D eigenvalue weighted by molar-refractivity contribution is -0.157. The predicted octanol–water partition coefficient (Wildman–Crippen LogP) is 1.03. The number of fused-ring (bicyclic) bond motifs is 3. The summed E-state index contributed by atoms with van der Waals surface area (Å²) >= 11 is 1.10. The van der Waals surface area contributed by atoms with E-state index in [0.29, 0.717) is 40.0 Å². The van der Waals surface area contributed by atoms with Gasteiger partial charge in [-0.2, -0.15) is 9.36 Å². The maximum absolute atomic E-state index is 13.2. The van der Waals surface area contributed by atoms with E-state index >= 15 is 0 Å². The van der Waals surface area contributed by atoms with Crippen LogP contribution in [0, 0.1) is 5.41 Å². The number of nitrogens with one attached hydrogen (secondary N) is 3. The first-order valence-electron chi connectivity index (χ1n) is 11.6. The van der Waals surface area contributed by atoms with E-state index in [4.69, 9.17) is 20.6 Å². The lowest BCUT2D eigenvalue weighted by Crippen LogP contribution is -2.52. The largest absolute Gasteiger partial charge is 0.386 e. The first kappa shape index (κ1) is 24.3. The Kier molecular flexibility index (Phi) is 6.71. The molecule has 12 nitrogen and oxygen atoms in total. The lowest BCUT2D eigenvalue weighted by atomic mass is 10.1. The average molecular weight is 514 g/mol. The Labute approximate surface area is 209 Å². The van der Waals surface area contributed by atoms with Crippen LogP contribution in [0.4, 0.5) is 5.82 Å². The van der Waals surface area contributed by atoms with Crippen molar-refractivity contribution in [3.63, 3.8) is 0 Å². The van der Waals surface area contributed by atoms with Crippen molar-refractivity contribution in [3.05, 3.63) is 40.1 Å². The highest BCUT2D eigenvalue weighted by atomic mass is 32.1. The quantitative estimate of drug-likeness (QED) is 0.246. The van der Waals surface area contributed by atoms with Gasteiger partial charge < -0.3 is 30.6 Å². The maximum Gasteiger partial charge on any atom is 0.282 e. The van der Waals surface area contributed by atoms with Gasteiger partial charge in [-0.05, 0) is 49.5 Å². The summed E-state index contributed by atoms with van der Waals surface area (Å²) in [6, 6.07) is 3.65. The summed E-state index contributed by atoms with van der Waals surface area (Å²) < 4.78 is 15.6. The maximum atomic E-state index is 13.2. The number of nitrogens with two attached hydrogens (primary N) is 1. The SMILES string of the molecule is C/C(=C/C(=N)N1CCOC(C(O)c2nc(=O)c3c(ccc4c(N)nsc43)[nH]2)C1=O)NC1CCOCC1. The molecule has 0 saturated carbocycles. The zero-order valence-corrected chi connectivity index (χ0v) is 20.4. The van der Waals surface area contributed by atoms with Gasteiger partial charge in [-0.15, -0.1) is 0 Å². The van der Waals surface area contributed by atoms with Crippen molar-refractivity contribution in [1.29, 1.82) is 5.41 Å². The number of aliphatic hydroxyl groups excluding tert-OH is 1. The molecule has 1 aromatic carbocycles. The minimum atomic E-state index is -1.53. The highest BCUT2D eigenvalue weighted by Gasteiger charge is 2.38. The van der Waals surface area contributed by atoms with Crippen LogP contribution < -0.4 is 16.6 Å². The van der Waals surface area contributed by atoms with Gasteiger partial charge in [0.1, 0.15) is 23.6 Å². The number of allylic oxidation sites excluding steroid dienone is 1. The number of morpholine rings is 1. The Morgan fingerprint density at radius 2 is 2.14 bits per heavy atom. The summed E-state index contributed by atoms with van der Waals surface area (Å²) in [5.41, 5.74) is 6.49. The number of amidine groups is 1. The topological polar surface area (TPSA) is 180 Å². The predicted molar refractivity (Wildman–Crippen MR) is 135 cm³/mol. The van der Waals surface area contributed by atoms with Crippen LogP contribution in [-0.2, 0) is 14.3 Å². The van der Waals surface area contributed by atoms with E-state index in [-0.39, 0.29) is 30.9 Å². The number of amides is 1. The Morgan fingerprint density at radius 1 is 1.36 bits per heavy atom. The van der Waals surface area contributed by atoms with E-state index in [2.05, 4.69) is 19.7 Å².